The van der Waals surface area contributed by atoms with Crippen molar-refractivity contribution in [3.63, 3.8) is 0 Å². The van der Waals surface area contributed by atoms with E-state index in [1.54, 1.807) is 6.07 Å². The molecule has 3 rings (SSSR count). The lowest BCUT2D eigenvalue weighted by Gasteiger charge is -2.29. The molecule has 1 aromatic heterocycles. The van der Waals surface area contributed by atoms with Crippen molar-refractivity contribution < 1.29 is 13.2 Å². The number of hydrogen-bond donors (Lipinski definition) is 1. The maximum atomic E-state index is 12.8. The molecule has 0 aliphatic heterocycles. The Labute approximate surface area is 161 Å². The van der Waals surface area contributed by atoms with Crippen LogP contribution in [0.3, 0.4) is 0 Å². The van der Waals surface area contributed by atoms with Crippen LogP contribution < -0.4 is 9.46 Å². The van der Waals surface area contributed by atoms with Crippen molar-refractivity contribution in [3.8, 4) is 6.01 Å². The molecule has 0 spiro atoms. The molecule has 27 heavy (non-hydrogen) atoms. The Bertz CT molecular complexity index is 900. The van der Waals surface area contributed by atoms with Gasteiger partial charge in [-0.15, -0.1) is 0 Å². The first kappa shape index (κ1) is 19.8. The molecule has 0 saturated heterocycles. The largest absolute Gasteiger partial charge is 0.460 e. The number of sulfonamides is 1. The highest BCUT2D eigenvalue weighted by Crippen LogP contribution is 2.25. The molecule has 1 saturated carbocycles. The van der Waals surface area contributed by atoms with Gasteiger partial charge in [-0.25, -0.2) is 23.1 Å². The van der Waals surface area contributed by atoms with Crippen molar-refractivity contribution >= 4 is 10.0 Å². The van der Waals surface area contributed by atoms with E-state index in [1.807, 2.05) is 45.9 Å². The van der Waals surface area contributed by atoms with Crippen LogP contribution in [0, 0.1) is 27.7 Å². The zero-order valence-corrected chi connectivity index (χ0v) is 17.1. The lowest BCUT2D eigenvalue weighted by Crippen LogP contribution is -2.40. The highest BCUT2D eigenvalue weighted by Gasteiger charge is 2.28. The summed E-state index contributed by atoms with van der Waals surface area (Å²) in [4.78, 5) is 9.00. The van der Waals surface area contributed by atoms with Crippen LogP contribution in [0.4, 0.5) is 0 Å². The van der Waals surface area contributed by atoms with E-state index >= 15 is 0 Å². The summed E-state index contributed by atoms with van der Waals surface area (Å²) in [6.07, 6.45) is 3.04. The quantitative estimate of drug-likeness (QED) is 0.848. The van der Waals surface area contributed by atoms with E-state index in [9.17, 15) is 8.42 Å². The Morgan fingerprint density at radius 2 is 1.59 bits per heavy atom. The van der Waals surface area contributed by atoms with Crippen molar-refractivity contribution in [3.05, 3.63) is 46.8 Å². The number of ether oxygens (including phenoxy) is 1. The van der Waals surface area contributed by atoms with Gasteiger partial charge < -0.3 is 4.74 Å². The molecule has 7 heteroatoms. The molecule has 0 unspecified atom stereocenters. The van der Waals surface area contributed by atoms with Crippen LogP contribution in [0.1, 0.15) is 48.2 Å². The van der Waals surface area contributed by atoms with Gasteiger partial charge in [0.2, 0.25) is 10.0 Å². The Balaban J connectivity index is 1.60. The third-order valence-corrected chi connectivity index (χ3v) is 6.53. The van der Waals surface area contributed by atoms with Gasteiger partial charge in [-0.05, 0) is 76.6 Å². The molecule has 146 valence electrons. The first-order valence-electron chi connectivity index (χ1n) is 9.31. The van der Waals surface area contributed by atoms with Crippen LogP contribution >= 0.6 is 0 Å². The van der Waals surface area contributed by atoms with Gasteiger partial charge in [0.1, 0.15) is 6.10 Å². The average molecular weight is 390 g/mol. The van der Waals surface area contributed by atoms with E-state index in [-0.39, 0.29) is 12.1 Å². The van der Waals surface area contributed by atoms with Gasteiger partial charge >= 0.3 is 6.01 Å². The van der Waals surface area contributed by atoms with E-state index in [0.717, 1.165) is 48.2 Å². The number of nitrogens with zero attached hydrogens (tertiary/aromatic N) is 2. The molecule has 6 nitrogen and oxygen atoms in total. The third kappa shape index (κ3) is 5.05. The predicted octanol–water partition coefficient (Wildman–Crippen LogP) is 3.38. The summed E-state index contributed by atoms with van der Waals surface area (Å²) in [5.41, 5.74) is 3.46. The fourth-order valence-corrected chi connectivity index (χ4v) is 5.11. The zero-order valence-electron chi connectivity index (χ0n) is 16.3. The highest BCUT2D eigenvalue weighted by atomic mass is 32.2. The van der Waals surface area contributed by atoms with Crippen molar-refractivity contribution in [2.45, 2.75) is 70.4 Å². The Morgan fingerprint density at radius 1 is 0.963 bits per heavy atom. The standard InChI is InChI=1S/C20H27N3O3S/c1-13-5-6-14(2)19(11-13)27(24,25)23-17-7-9-18(10-8-17)26-20-21-15(3)12-16(4)22-20/h5-6,11-12,17-18,23H,7-10H2,1-4H3. The molecule has 0 atom stereocenters. The molecule has 1 fully saturated rings. The maximum Gasteiger partial charge on any atom is 0.317 e. The molecule has 1 aliphatic rings. The summed E-state index contributed by atoms with van der Waals surface area (Å²) < 4.78 is 34.3. The molecule has 0 radical (unpaired) electrons. The Hall–Kier alpha value is -1.99. The van der Waals surface area contributed by atoms with Crippen molar-refractivity contribution in [2.24, 2.45) is 0 Å². The summed E-state index contributed by atoms with van der Waals surface area (Å²) in [6.45, 7) is 7.56. The third-order valence-electron chi connectivity index (χ3n) is 4.86. The van der Waals surface area contributed by atoms with Crippen LogP contribution in [0.5, 0.6) is 6.01 Å². The highest BCUT2D eigenvalue weighted by molar-refractivity contribution is 7.89. The normalized spacial score (nSPS) is 20.4. The summed E-state index contributed by atoms with van der Waals surface area (Å²) >= 11 is 0. The van der Waals surface area contributed by atoms with Crippen LogP contribution in [0.25, 0.3) is 0 Å². The minimum atomic E-state index is -3.52. The second-order valence-electron chi connectivity index (χ2n) is 7.42. The molecular weight excluding hydrogens is 362 g/mol. The second-order valence-corrected chi connectivity index (χ2v) is 9.10. The van der Waals surface area contributed by atoms with Crippen molar-refractivity contribution in [1.29, 1.82) is 0 Å². The van der Waals surface area contributed by atoms with E-state index in [4.69, 9.17) is 4.74 Å². The number of aromatic nitrogens is 2. The molecule has 1 N–H and O–H groups in total. The van der Waals surface area contributed by atoms with Gasteiger partial charge in [-0.2, -0.15) is 0 Å². The van der Waals surface area contributed by atoms with Gasteiger partial charge in [0.15, 0.2) is 0 Å². The topological polar surface area (TPSA) is 81.2 Å². The molecule has 2 aromatic rings. The van der Waals surface area contributed by atoms with Gasteiger partial charge in [0, 0.05) is 17.4 Å². The number of aryl methyl sites for hydroxylation is 4. The minimum Gasteiger partial charge on any atom is -0.460 e. The molecule has 0 amide bonds. The lowest BCUT2D eigenvalue weighted by atomic mass is 9.94. The molecular formula is C20H27N3O3S. The Kier molecular flexibility index (Phi) is 5.81. The predicted molar refractivity (Wildman–Crippen MR) is 104 cm³/mol. The smallest absolute Gasteiger partial charge is 0.317 e. The van der Waals surface area contributed by atoms with Crippen LogP contribution in [0.2, 0.25) is 0 Å². The molecule has 1 heterocycles. The average Bonchev–Trinajstić information content (AvgIpc) is 2.57. The van der Waals surface area contributed by atoms with Crippen LogP contribution in [-0.2, 0) is 10.0 Å². The van der Waals surface area contributed by atoms with Gasteiger partial charge in [-0.1, -0.05) is 12.1 Å². The summed E-state index contributed by atoms with van der Waals surface area (Å²) in [5.74, 6) is 0. The second kappa shape index (κ2) is 7.94. The van der Waals surface area contributed by atoms with E-state index in [1.165, 1.54) is 0 Å². The zero-order chi connectivity index (χ0) is 19.6. The summed E-state index contributed by atoms with van der Waals surface area (Å²) in [6, 6.07) is 7.74. The first-order valence-corrected chi connectivity index (χ1v) is 10.8. The first-order chi connectivity index (χ1) is 12.7. The van der Waals surface area contributed by atoms with Crippen molar-refractivity contribution in [2.75, 3.05) is 0 Å². The fraction of sp³-hybridized carbons (Fsp3) is 0.500. The van der Waals surface area contributed by atoms with Gasteiger partial charge in [-0.3, -0.25) is 0 Å². The van der Waals surface area contributed by atoms with E-state index in [0.29, 0.717) is 10.9 Å². The Morgan fingerprint density at radius 3 is 2.22 bits per heavy atom. The van der Waals surface area contributed by atoms with E-state index < -0.39 is 10.0 Å². The number of benzene rings is 1. The number of nitrogens with one attached hydrogen (secondary N) is 1. The summed E-state index contributed by atoms with van der Waals surface area (Å²) in [7, 11) is -3.52. The fourth-order valence-electron chi connectivity index (χ4n) is 3.47. The van der Waals surface area contributed by atoms with Crippen molar-refractivity contribution in [1.82, 2.24) is 14.7 Å². The van der Waals surface area contributed by atoms with E-state index in [2.05, 4.69) is 14.7 Å². The maximum absolute atomic E-state index is 12.8. The monoisotopic (exact) mass is 389 g/mol. The van der Waals surface area contributed by atoms with Gasteiger partial charge in [0.05, 0.1) is 4.90 Å². The molecule has 0 bridgehead atoms. The van der Waals surface area contributed by atoms with Gasteiger partial charge in [0.25, 0.3) is 0 Å². The minimum absolute atomic E-state index is 0.0210. The molecule has 1 aromatic carbocycles. The lowest BCUT2D eigenvalue weighted by molar-refractivity contribution is 0.131. The number of hydrogen-bond acceptors (Lipinski definition) is 5. The SMILES string of the molecule is Cc1ccc(C)c(S(=O)(=O)NC2CCC(Oc3nc(C)cc(C)n3)CC2)c1. The number of rotatable bonds is 5. The van der Waals surface area contributed by atoms with Crippen LogP contribution in [0.15, 0.2) is 29.2 Å². The van der Waals surface area contributed by atoms with Crippen LogP contribution in [-0.4, -0.2) is 30.5 Å². The summed E-state index contributed by atoms with van der Waals surface area (Å²) in [5, 5.41) is 0. The molecule has 1 aliphatic carbocycles.